The van der Waals surface area contributed by atoms with Crippen LogP contribution < -0.4 is 5.32 Å². The molecule has 0 aromatic rings. The summed E-state index contributed by atoms with van der Waals surface area (Å²) in [5.41, 5.74) is 1.03. The smallest absolute Gasteiger partial charge is 0.246 e. The average molecular weight is 235 g/mol. The Kier molecular flexibility index (Phi) is 4.23. The minimum atomic E-state index is -0.523. The van der Waals surface area contributed by atoms with Crippen molar-refractivity contribution in [3.63, 3.8) is 0 Å². The van der Waals surface area contributed by atoms with Gasteiger partial charge in [0.05, 0.1) is 17.5 Å². The Labute approximate surface area is 103 Å². The molecule has 0 aromatic carbocycles. The second kappa shape index (κ2) is 5.27. The number of hydrogen-bond acceptors (Lipinski definition) is 3. The molecule has 0 aliphatic carbocycles. The number of carbonyl (C=O) groups is 1. The molecular formula is C13H21N3O. The summed E-state index contributed by atoms with van der Waals surface area (Å²) >= 11 is 0. The number of nitrogens with one attached hydrogen (secondary N) is 1. The van der Waals surface area contributed by atoms with Gasteiger partial charge in [0, 0.05) is 18.8 Å². The highest BCUT2D eigenvalue weighted by Crippen LogP contribution is 2.15. The van der Waals surface area contributed by atoms with Crippen LogP contribution in [-0.4, -0.2) is 35.7 Å². The number of allylic oxidation sites excluding steroid dienone is 3. The van der Waals surface area contributed by atoms with Crippen molar-refractivity contribution in [1.29, 1.82) is 0 Å². The average Bonchev–Trinajstić information content (AvgIpc) is 2.29. The lowest BCUT2D eigenvalue weighted by Gasteiger charge is -2.38. The maximum absolute atomic E-state index is 12.1. The highest BCUT2D eigenvalue weighted by molar-refractivity contribution is 5.93. The molecule has 17 heavy (non-hydrogen) atoms. The number of nitrogens with zero attached hydrogens (tertiary/aromatic N) is 2. The van der Waals surface area contributed by atoms with Crippen LogP contribution in [0.2, 0.25) is 0 Å². The van der Waals surface area contributed by atoms with E-state index in [0.29, 0.717) is 12.2 Å². The molecule has 0 radical (unpaired) electrons. The van der Waals surface area contributed by atoms with Gasteiger partial charge in [-0.25, -0.2) is 0 Å². The van der Waals surface area contributed by atoms with Gasteiger partial charge in [0.2, 0.25) is 5.91 Å². The molecule has 0 bridgehead atoms. The first kappa shape index (κ1) is 13.6. The Balaban J connectivity index is 2.76. The third-order valence-corrected chi connectivity index (χ3v) is 2.86. The quantitative estimate of drug-likeness (QED) is 0.757. The lowest BCUT2D eigenvalue weighted by Crippen LogP contribution is -2.60. The second-order valence-electron chi connectivity index (χ2n) is 4.69. The molecule has 1 fully saturated rings. The number of amides is 1. The van der Waals surface area contributed by atoms with E-state index in [9.17, 15) is 4.79 Å². The van der Waals surface area contributed by atoms with Crippen LogP contribution in [0.3, 0.4) is 0 Å². The number of carbonyl (C=O) groups excluding carboxylic acids is 1. The fourth-order valence-electron chi connectivity index (χ4n) is 1.59. The van der Waals surface area contributed by atoms with E-state index in [-0.39, 0.29) is 5.91 Å². The molecule has 1 amide bonds. The van der Waals surface area contributed by atoms with Crippen molar-refractivity contribution >= 4 is 12.1 Å². The fraction of sp³-hybridized carbons (Fsp3) is 0.538. The summed E-state index contributed by atoms with van der Waals surface area (Å²) < 4.78 is 0. The van der Waals surface area contributed by atoms with E-state index in [1.807, 2.05) is 33.8 Å². The lowest BCUT2D eigenvalue weighted by molar-refractivity contribution is -0.137. The van der Waals surface area contributed by atoms with Crippen LogP contribution in [0.15, 0.2) is 29.0 Å². The fourth-order valence-corrected chi connectivity index (χ4v) is 1.59. The van der Waals surface area contributed by atoms with Crippen LogP contribution in [0.25, 0.3) is 0 Å². The van der Waals surface area contributed by atoms with E-state index in [0.717, 1.165) is 12.2 Å². The van der Waals surface area contributed by atoms with E-state index in [1.165, 1.54) is 0 Å². The van der Waals surface area contributed by atoms with Gasteiger partial charge in [-0.05, 0) is 27.7 Å². The van der Waals surface area contributed by atoms with Gasteiger partial charge in [0.1, 0.15) is 0 Å². The van der Waals surface area contributed by atoms with Crippen LogP contribution >= 0.6 is 0 Å². The summed E-state index contributed by atoms with van der Waals surface area (Å²) in [5.74, 6) is 0.0401. The minimum Gasteiger partial charge on any atom is -0.309 e. The van der Waals surface area contributed by atoms with E-state index in [1.54, 1.807) is 11.1 Å². The molecule has 0 saturated carbocycles. The van der Waals surface area contributed by atoms with Crippen molar-refractivity contribution in [2.24, 2.45) is 4.99 Å². The normalized spacial score (nSPS) is 21.1. The molecule has 1 aliphatic rings. The molecule has 0 aromatic heterocycles. The second-order valence-corrected chi connectivity index (χ2v) is 4.69. The molecule has 1 aliphatic heterocycles. The van der Waals surface area contributed by atoms with Gasteiger partial charge in [-0.2, -0.15) is 0 Å². The monoisotopic (exact) mass is 235 g/mol. The van der Waals surface area contributed by atoms with E-state index in [4.69, 9.17) is 0 Å². The van der Waals surface area contributed by atoms with Crippen molar-refractivity contribution in [3.05, 3.63) is 24.0 Å². The number of piperazine rings is 1. The molecule has 4 nitrogen and oxygen atoms in total. The summed E-state index contributed by atoms with van der Waals surface area (Å²) in [6, 6.07) is 0. The lowest BCUT2D eigenvalue weighted by atomic mass is 10.0. The van der Waals surface area contributed by atoms with Gasteiger partial charge in [-0.15, -0.1) is 0 Å². The largest absolute Gasteiger partial charge is 0.309 e. The van der Waals surface area contributed by atoms with Gasteiger partial charge in [0.15, 0.2) is 0 Å². The Hall–Kier alpha value is -1.42. The first-order valence-corrected chi connectivity index (χ1v) is 5.81. The van der Waals surface area contributed by atoms with Gasteiger partial charge in [-0.1, -0.05) is 12.7 Å². The first-order valence-electron chi connectivity index (χ1n) is 5.81. The number of hydrogen-bond donors (Lipinski definition) is 1. The zero-order valence-corrected chi connectivity index (χ0v) is 11.1. The van der Waals surface area contributed by atoms with Crippen molar-refractivity contribution in [2.45, 2.75) is 33.2 Å². The summed E-state index contributed by atoms with van der Waals surface area (Å²) in [4.78, 5) is 18.0. The summed E-state index contributed by atoms with van der Waals surface area (Å²) in [6.45, 7) is 12.9. The first-order chi connectivity index (χ1) is 7.88. The SMILES string of the molecule is C=C(C=N/C(C)=C\C)N1CCNC(C)(C)C1=O. The van der Waals surface area contributed by atoms with Gasteiger partial charge < -0.3 is 10.2 Å². The van der Waals surface area contributed by atoms with Crippen molar-refractivity contribution in [3.8, 4) is 0 Å². The maximum atomic E-state index is 12.1. The zero-order valence-electron chi connectivity index (χ0n) is 11.1. The van der Waals surface area contributed by atoms with Crippen molar-refractivity contribution in [1.82, 2.24) is 10.2 Å². The Bertz CT molecular complexity index is 380. The van der Waals surface area contributed by atoms with Gasteiger partial charge >= 0.3 is 0 Å². The predicted octanol–water partition coefficient (Wildman–Crippen LogP) is 1.70. The third-order valence-electron chi connectivity index (χ3n) is 2.86. The molecule has 1 saturated heterocycles. The highest BCUT2D eigenvalue weighted by atomic mass is 16.2. The van der Waals surface area contributed by atoms with Crippen molar-refractivity contribution in [2.75, 3.05) is 13.1 Å². The molecule has 1 N–H and O–H groups in total. The van der Waals surface area contributed by atoms with E-state index >= 15 is 0 Å². The summed E-state index contributed by atoms with van der Waals surface area (Å²) in [7, 11) is 0. The standard InChI is InChI=1S/C13H21N3O/c1-6-10(2)14-9-11(3)16-8-7-15-13(4,5)12(16)17/h6,9,15H,3,7-8H2,1-2,4-5H3/b10-6-,14-9?. The number of aliphatic imine (C=N–C) groups is 1. The Morgan fingerprint density at radius 3 is 2.82 bits per heavy atom. The van der Waals surface area contributed by atoms with Gasteiger partial charge in [-0.3, -0.25) is 9.79 Å². The molecule has 4 heteroatoms. The predicted molar refractivity (Wildman–Crippen MR) is 70.9 cm³/mol. The van der Waals surface area contributed by atoms with Crippen LogP contribution in [0.1, 0.15) is 27.7 Å². The highest BCUT2D eigenvalue weighted by Gasteiger charge is 2.35. The molecule has 94 valence electrons. The van der Waals surface area contributed by atoms with E-state index < -0.39 is 5.54 Å². The molecule has 1 rings (SSSR count). The molecule has 0 unspecified atom stereocenters. The number of rotatable bonds is 3. The topological polar surface area (TPSA) is 44.7 Å². The Morgan fingerprint density at radius 2 is 2.24 bits per heavy atom. The summed E-state index contributed by atoms with van der Waals surface area (Å²) in [6.07, 6.45) is 3.56. The zero-order chi connectivity index (χ0) is 13.1. The minimum absolute atomic E-state index is 0.0401. The van der Waals surface area contributed by atoms with Gasteiger partial charge in [0.25, 0.3) is 0 Å². The Morgan fingerprint density at radius 1 is 1.59 bits per heavy atom. The van der Waals surface area contributed by atoms with Crippen LogP contribution in [0.4, 0.5) is 0 Å². The van der Waals surface area contributed by atoms with Crippen LogP contribution in [0.5, 0.6) is 0 Å². The maximum Gasteiger partial charge on any atom is 0.246 e. The third kappa shape index (κ3) is 3.27. The molecule has 0 spiro atoms. The summed E-state index contributed by atoms with van der Waals surface area (Å²) in [5, 5.41) is 3.18. The van der Waals surface area contributed by atoms with E-state index in [2.05, 4.69) is 16.9 Å². The van der Waals surface area contributed by atoms with Crippen LogP contribution in [-0.2, 0) is 4.79 Å². The molecule has 1 heterocycles. The molecule has 0 atom stereocenters. The van der Waals surface area contributed by atoms with Crippen molar-refractivity contribution < 1.29 is 4.79 Å². The molecular weight excluding hydrogens is 214 g/mol. The van der Waals surface area contributed by atoms with Crippen LogP contribution in [0, 0.1) is 0 Å².